The van der Waals surface area contributed by atoms with Gasteiger partial charge >= 0.3 is 13.0 Å². The summed E-state index contributed by atoms with van der Waals surface area (Å²) in [5, 5.41) is 0. The average molecular weight is 356 g/mol. The van der Waals surface area contributed by atoms with Crippen LogP contribution in [0.4, 0.5) is 0 Å². The zero-order chi connectivity index (χ0) is 19.0. The van der Waals surface area contributed by atoms with Gasteiger partial charge in [0.05, 0.1) is 0 Å². The topological polar surface area (TPSA) is 81.2 Å². The van der Waals surface area contributed by atoms with Gasteiger partial charge in [0.1, 0.15) is 16.9 Å². The van der Waals surface area contributed by atoms with Gasteiger partial charge in [-0.15, -0.1) is 0 Å². The van der Waals surface area contributed by atoms with E-state index in [0.717, 1.165) is 0 Å². The molecule has 0 saturated carbocycles. The molecular formula is C17H29N2O4P. The van der Waals surface area contributed by atoms with Crippen LogP contribution in [0.25, 0.3) is 5.53 Å². The summed E-state index contributed by atoms with van der Waals surface area (Å²) < 4.78 is 29.1. The van der Waals surface area contributed by atoms with Crippen LogP contribution in [0, 0.1) is 16.2 Å². The Morgan fingerprint density at radius 3 is 1.71 bits per heavy atom. The van der Waals surface area contributed by atoms with Gasteiger partial charge in [-0.2, -0.15) is 4.79 Å². The van der Waals surface area contributed by atoms with Crippen molar-refractivity contribution in [2.45, 2.75) is 48.5 Å². The third kappa shape index (κ3) is 4.07. The number of nitrogens with zero attached hydrogens (tertiary/aromatic N) is 2. The van der Waals surface area contributed by atoms with Gasteiger partial charge in [-0.1, -0.05) is 41.5 Å². The summed E-state index contributed by atoms with van der Waals surface area (Å²) in [6.45, 7) is 13.9. The van der Waals surface area contributed by atoms with E-state index in [1.54, 1.807) is 6.92 Å². The van der Waals surface area contributed by atoms with Crippen LogP contribution >= 0.6 is 7.60 Å². The largest absolute Gasteiger partial charge is 0.466 e. The van der Waals surface area contributed by atoms with Crippen molar-refractivity contribution in [3.05, 3.63) is 29.2 Å². The molecule has 0 aromatic carbocycles. The van der Waals surface area contributed by atoms with Gasteiger partial charge in [-0.05, 0) is 19.1 Å². The summed E-state index contributed by atoms with van der Waals surface area (Å²) in [5.41, 5.74) is 7.96. The fraction of sp³-hybridized carbons (Fsp3) is 0.706. The van der Waals surface area contributed by atoms with E-state index >= 15 is 0 Å². The maximum absolute atomic E-state index is 12.9. The second-order valence-electron chi connectivity index (χ2n) is 8.19. The molecule has 0 spiro atoms. The third-order valence-corrected chi connectivity index (χ3v) is 5.93. The molecule has 1 heterocycles. The molecule has 1 aliphatic heterocycles. The fourth-order valence-corrected chi connectivity index (χ4v) is 3.66. The summed E-state index contributed by atoms with van der Waals surface area (Å²) in [5.74, 6) is 1.41. The monoisotopic (exact) mass is 356 g/mol. The van der Waals surface area contributed by atoms with Crippen LogP contribution in [0.15, 0.2) is 23.7 Å². The Morgan fingerprint density at radius 1 is 1.08 bits per heavy atom. The van der Waals surface area contributed by atoms with E-state index in [0.29, 0.717) is 11.5 Å². The van der Waals surface area contributed by atoms with E-state index in [1.807, 2.05) is 53.7 Å². The first-order valence-corrected chi connectivity index (χ1v) is 9.37. The van der Waals surface area contributed by atoms with E-state index < -0.39 is 13.0 Å². The molecule has 0 unspecified atom stereocenters. The van der Waals surface area contributed by atoms with Gasteiger partial charge in [0.15, 0.2) is 0 Å². The maximum atomic E-state index is 12.9. The highest BCUT2D eigenvalue weighted by molar-refractivity contribution is 7.72. The van der Waals surface area contributed by atoms with Gasteiger partial charge < -0.3 is 19.3 Å². The fourth-order valence-electron chi connectivity index (χ4n) is 2.34. The molecule has 0 amide bonds. The predicted molar refractivity (Wildman–Crippen MR) is 94.5 cm³/mol. The molecule has 6 nitrogen and oxygen atoms in total. The Labute approximate surface area is 145 Å². The Bertz CT molecular complexity index is 621. The summed E-state index contributed by atoms with van der Waals surface area (Å²) in [4.78, 5) is 3.29. The van der Waals surface area contributed by atoms with Gasteiger partial charge in [0.2, 0.25) is 0 Å². The molecule has 0 aromatic heterocycles. The zero-order valence-electron chi connectivity index (χ0n) is 16.1. The minimum atomic E-state index is -3.73. The second-order valence-corrected chi connectivity index (χ2v) is 10.3. The lowest BCUT2D eigenvalue weighted by Crippen LogP contribution is -2.33. The molecule has 0 fully saturated rings. The van der Waals surface area contributed by atoms with E-state index in [4.69, 9.17) is 13.8 Å². The molecule has 0 radical (unpaired) electrons. The standard InChI is InChI=1S/C17H29N2O4P/c1-15(2,3)12-10-17(7,11-13(23-12)16(4,5)6)14(19-18)24(20,21-8)22-9/h10-11H,1-9H3. The van der Waals surface area contributed by atoms with Gasteiger partial charge in [-0.3, -0.25) is 0 Å². The van der Waals surface area contributed by atoms with Crippen molar-refractivity contribution in [2.75, 3.05) is 14.2 Å². The van der Waals surface area contributed by atoms with Crippen LogP contribution in [-0.2, 0) is 18.3 Å². The van der Waals surface area contributed by atoms with Crippen molar-refractivity contribution >= 4 is 13.0 Å². The minimum absolute atomic E-state index is 0.0770. The summed E-state index contributed by atoms with van der Waals surface area (Å²) in [7, 11) is -1.20. The number of hydrogen-bond acceptors (Lipinski definition) is 4. The smallest absolute Gasteiger partial charge is 0.438 e. The molecule has 0 saturated heterocycles. The SMILES string of the molecule is COP(=O)(OC)C(=[N+]=[N-])C1(C)C=C(C(C)(C)C)OC(C(C)(C)C)=C1. The maximum Gasteiger partial charge on any atom is 0.438 e. The number of hydrogen-bond donors (Lipinski definition) is 0. The molecule has 0 N–H and O–H groups in total. The van der Waals surface area contributed by atoms with Crippen LogP contribution in [0.1, 0.15) is 48.5 Å². The average Bonchev–Trinajstić information content (AvgIpc) is 2.45. The number of ether oxygens (including phenoxy) is 1. The molecule has 136 valence electrons. The van der Waals surface area contributed by atoms with Crippen molar-refractivity contribution in [2.24, 2.45) is 16.2 Å². The van der Waals surface area contributed by atoms with Crippen LogP contribution in [0.5, 0.6) is 0 Å². The highest BCUT2D eigenvalue weighted by Crippen LogP contribution is 2.56. The molecule has 1 rings (SSSR count). The number of rotatable bonds is 4. The molecule has 0 aliphatic carbocycles. The zero-order valence-corrected chi connectivity index (χ0v) is 17.0. The van der Waals surface area contributed by atoms with Crippen LogP contribution in [-0.4, -0.2) is 24.5 Å². The first-order valence-electron chi connectivity index (χ1n) is 7.82. The molecule has 0 atom stereocenters. The van der Waals surface area contributed by atoms with Crippen molar-refractivity contribution in [3.63, 3.8) is 0 Å². The minimum Gasteiger partial charge on any atom is -0.466 e. The van der Waals surface area contributed by atoms with Gasteiger partial charge in [-0.25, -0.2) is 4.57 Å². The van der Waals surface area contributed by atoms with E-state index in [2.05, 4.69) is 4.79 Å². The summed E-state index contributed by atoms with van der Waals surface area (Å²) >= 11 is 0. The van der Waals surface area contributed by atoms with Crippen LogP contribution in [0.3, 0.4) is 0 Å². The lowest BCUT2D eigenvalue weighted by molar-refractivity contribution is -0.0126. The van der Waals surface area contributed by atoms with Gasteiger partial charge in [0, 0.05) is 25.0 Å². The first-order chi connectivity index (χ1) is 10.7. The normalized spacial score (nSPS) is 18.2. The van der Waals surface area contributed by atoms with Crippen molar-refractivity contribution in [1.29, 1.82) is 0 Å². The lowest BCUT2D eigenvalue weighted by Gasteiger charge is -2.36. The highest BCUT2D eigenvalue weighted by atomic mass is 31.2. The summed E-state index contributed by atoms with van der Waals surface area (Å²) in [6.07, 6.45) is 3.62. The van der Waals surface area contributed by atoms with Gasteiger partial charge in [0.25, 0.3) is 0 Å². The second kappa shape index (κ2) is 6.61. The van der Waals surface area contributed by atoms with Crippen LogP contribution in [0.2, 0.25) is 0 Å². The summed E-state index contributed by atoms with van der Waals surface area (Å²) in [6, 6.07) is 0. The molecule has 0 bridgehead atoms. The van der Waals surface area contributed by atoms with Crippen molar-refractivity contribution < 1.29 is 23.1 Å². The molecule has 7 heteroatoms. The molecule has 0 aromatic rings. The quantitative estimate of drug-likeness (QED) is 0.307. The Kier molecular flexibility index (Phi) is 5.74. The van der Waals surface area contributed by atoms with E-state index in [9.17, 15) is 10.1 Å². The Morgan fingerprint density at radius 2 is 1.46 bits per heavy atom. The Hall–Kier alpha value is -1.19. The highest BCUT2D eigenvalue weighted by Gasteiger charge is 2.53. The third-order valence-electron chi connectivity index (χ3n) is 3.88. The van der Waals surface area contributed by atoms with Crippen molar-refractivity contribution in [1.82, 2.24) is 0 Å². The van der Waals surface area contributed by atoms with Crippen molar-refractivity contribution in [3.8, 4) is 0 Å². The van der Waals surface area contributed by atoms with E-state index in [1.165, 1.54) is 14.2 Å². The first kappa shape index (κ1) is 20.9. The number of allylic oxidation sites excluding steroid dienone is 4. The van der Waals surface area contributed by atoms with Crippen LogP contribution < -0.4 is 0 Å². The molecular weight excluding hydrogens is 327 g/mol. The Balaban J connectivity index is 3.67. The van der Waals surface area contributed by atoms with E-state index in [-0.39, 0.29) is 16.3 Å². The molecule has 1 aliphatic rings. The lowest BCUT2D eigenvalue weighted by atomic mass is 9.79. The predicted octanol–water partition coefficient (Wildman–Crippen LogP) is 5.00. The molecule has 24 heavy (non-hydrogen) atoms.